The zero-order valence-corrected chi connectivity index (χ0v) is 16.7. The predicted molar refractivity (Wildman–Crippen MR) is 108 cm³/mol. The summed E-state index contributed by atoms with van der Waals surface area (Å²) in [5.41, 5.74) is 4.21. The summed E-state index contributed by atoms with van der Waals surface area (Å²) in [6, 6.07) is 10.9. The van der Waals surface area contributed by atoms with Gasteiger partial charge in [0.05, 0.1) is 5.69 Å². The lowest BCUT2D eigenvalue weighted by atomic mass is 10.0. The summed E-state index contributed by atoms with van der Waals surface area (Å²) in [6.07, 6.45) is 10.3. The Morgan fingerprint density at radius 1 is 1.04 bits per heavy atom. The van der Waals surface area contributed by atoms with Gasteiger partial charge in [-0.05, 0) is 64.5 Å². The molecule has 2 aliphatic rings. The number of para-hydroxylation sites is 1. The van der Waals surface area contributed by atoms with Crippen LogP contribution in [0, 0.1) is 0 Å². The van der Waals surface area contributed by atoms with Gasteiger partial charge in [0.25, 0.3) is 5.91 Å². The zero-order valence-electron chi connectivity index (χ0n) is 16.7. The third kappa shape index (κ3) is 3.54. The molecule has 1 saturated carbocycles. The van der Waals surface area contributed by atoms with Crippen LogP contribution in [0.5, 0.6) is 0 Å². The Hall–Kier alpha value is -2.10. The molecule has 1 aromatic carbocycles. The van der Waals surface area contributed by atoms with Crippen LogP contribution in [0.25, 0.3) is 5.69 Å². The van der Waals surface area contributed by atoms with Crippen molar-refractivity contribution in [3.05, 3.63) is 47.3 Å². The summed E-state index contributed by atoms with van der Waals surface area (Å²) in [5, 5.41) is 4.90. The van der Waals surface area contributed by atoms with Gasteiger partial charge in [0.2, 0.25) is 0 Å². The Kier molecular flexibility index (Phi) is 5.33. The van der Waals surface area contributed by atoms with E-state index in [4.69, 9.17) is 5.10 Å². The number of benzene rings is 1. The highest BCUT2D eigenvalue weighted by Gasteiger charge is 2.33. The van der Waals surface area contributed by atoms with Crippen molar-refractivity contribution in [3.8, 4) is 5.69 Å². The quantitative estimate of drug-likeness (QED) is 0.720. The zero-order chi connectivity index (χ0) is 18.8. The Morgan fingerprint density at radius 2 is 1.74 bits per heavy atom. The van der Waals surface area contributed by atoms with Crippen molar-refractivity contribution in [1.29, 1.82) is 0 Å². The van der Waals surface area contributed by atoms with Crippen LogP contribution in [-0.4, -0.2) is 32.7 Å². The van der Waals surface area contributed by atoms with E-state index < -0.39 is 0 Å². The van der Waals surface area contributed by atoms with Crippen LogP contribution in [-0.2, 0) is 12.8 Å². The lowest BCUT2D eigenvalue weighted by Crippen LogP contribution is -2.44. The molecule has 27 heavy (non-hydrogen) atoms. The van der Waals surface area contributed by atoms with E-state index >= 15 is 0 Å². The Morgan fingerprint density at radius 3 is 2.44 bits per heavy atom. The van der Waals surface area contributed by atoms with Crippen molar-refractivity contribution in [1.82, 2.24) is 14.7 Å². The van der Waals surface area contributed by atoms with Gasteiger partial charge in [0.15, 0.2) is 5.69 Å². The monoisotopic (exact) mass is 365 g/mol. The molecule has 0 spiro atoms. The van der Waals surface area contributed by atoms with Crippen molar-refractivity contribution in [2.45, 2.75) is 83.7 Å². The third-order valence-corrected chi connectivity index (χ3v) is 6.14. The van der Waals surface area contributed by atoms with Crippen LogP contribution in [0.4, 0.5) is 0 Å². The van der Waals surface area contributed by atoms with E-state index in [0.29, 0.717) is 11.7 Å². The molecule has 4 nitrogen and oxygen atoms in total. The number of aromatic nitrogens is 2. The van der Waals surface area contributed by atoms with Crippen LogP contribution < -0.4 is 0 Å². The van der Waals surface area contributed by atoms with Crippen LogP contribution in [0.1, 0.15) is 80.5 Å². The summed E-state index contributed by atoms with van der Waals surface area (Å²) in [7, 11) is 0. The molecule has 1 fully saturated rings. The molecule has 1 heterocycles. The fraction of sp³-hybridized carbons (Fsp3) is 0.565. The first-order chi connectivity index (χ1) is 13.2. The number of carbonyl (C=O) groups excluding carboxylic acids is 1. The first-order valence-electron chi connectivity index (χ1n) is 10.7. The average Bonchev–Trinajstić information content (AvgIpc) is 3.25. The first kappa shape index (κ1) is 18.3. The molecule has 2 aromatic rings. The normalized spacial score (nSPS) is 17.7. The topological polar surface area (TPSA) is 38.1 Å². The van der Waals surface area contributed by atoms with E-state index in [1.807, 2.05) is 22.9 Å². The second kappa shape index (κ2) is 7.87. The molecule has 0 aliphatic heterocycles. The van der Waals surface area contributed by atoms with Gasteiger partial charge < -0.3 is 4.90 Å². The molecule has 0 N–H and O–H groups in total. The minimum Gasteiger partial charge on any atom is -0.332 e. The maximum atomic E-state index is 13.7. The molecule has 1 amide bonds. The highest BCUT2D eigenvalue weighted by atomic mass is 16.2. The fourth-order valence-electron chi connectivity index (χ4n) is 4.86. The van der Waals surface area contributed by atoms with E-state index in [-0.39, 0.29) is 11.9 Å². The van der Waals surface area contributed by atoms with Crippen LogP contribution in [0.15, 0.2) is 30.3 Å². The molecule has 144 valence electrons. The van der Waals surface area contributed by atoms with Gasteiger partial charge in [-0.2, -0.15) is 5.10 Å². The van der Waals surface area contributed by atoms with E-state index in [9.17, 15) is 4.79 Å². The van der Waals surface area contributed by atoms with Gasteiger partial charge in [-0.15, -0.1) is 0 Å². The van der Waals surface area contributed by atoms with Gasteiger partial charge >= 0.3 is 0 Å². The molecule has 4 heteroatoms. The van der Waals surface area contributed by atoms with Crippen molar-refractivity contribution in [3.63, 3.8) is 0 Å². The number of rotatable bonds is 4. The van der Waals surface area contributed by atoms with Crippen molar-refractivity contribution < 1.29 is 4.79 Å². The smallest absolute Gasteiger partial charge is 0.275 e. The Bertz CT molecular complexity index is 787. The summed E-state index contributed by atoms with van der Waals surface area (Å²) < 4.78 is 2.04. The molecular weight excluding hydrogens is 334 g/mol. The highest BCUT2D eigenvalue weighted by Crippen LogP contribution is 2.31. The summed E-state index contributed by atoms with van der Waals surface area (Å²) in [4.78, 5) is 15.8. The number of hydrogen-bond donors (Lipinski definition) is 0. The van der Waals surface area contributed by atoms with E-state index in [2.05, 4.69) is 30.9 Å². The Balaban J connectivity index is 1.77. The maximum absolute atomic E-state index is 13.7. The van der Waals surface area contributed by atoms with Crippen molar-refractivity contribution in [2.75, 3.05) is 0 Å². The van der Waals surface area contributed by atoms with E-state index in [1.54, 1.807) is 0 Å². The largest absolute Gasteiger partial charge is 0.332 e. The molecule has 4 rings (SSSR count). The second-order valence-corrected chi connectivity index (χ2v) is 8.33. The highest BCUT2D eigenvalue weighted by molar-refractivity contribution is 5.94. The predicted octanol–water partition coefficient (Wildman–Crippen LogP) is 4.93. The van der Waals surface area contributed by atoms with E-state index in [1.165, 1.54) is 36.9 Å². The number of carbonyl (C=O) groups is 1. The summed E-state index contributed by atoms with van der Waals surface area (Å²) in [5.74, 6) is 0.143. The maximum Gasteiger partial charge on any atom is 0.275 e. The van der Waals surface area contributed by atoms with Crippen molar-refractivity contribution >= 4 is 5.91 Å². The molecule has 2 aliphatic carbocycles. The minimum atomic E-state index is 0.143. The van der Waals surface area contributed by atoms with Crippen LogP contribution in [0.3, 0.4) is 0 Å². The SMILES string of the molecule is CC(C)N(C(=O)c1nn(-c2ccccc2)c2c1CCCCC2)C1CCCC1. The fourth-order valence-corrected chi connectivity index (χ4v) is 4.86. The average molecular weight is 366 g/mol. The number of nitrogens with zero attached hydrogens (tertiary/aromatic N) is 3. The van der Waals surface area contributed by atoms with Gasteiger partial charge in [-0.25, -0.2) is 4.68 Å². The van der Waals surface area contributed by atoms with Gasteiger partial charge in [-0.3, -0.25) is 4.79 Å². The lowest BCUT2D eigenvalue weighted by molar-refractivity contribution is 0.0605. The summed E-state index contributed by atoms with van der Waals surface area (Å²) >= 11 is 0. The van der Waals surface area contributed by atoms with E-state index in [0.717, 1.165) is 37.8 Å². The van der Waals surface area contributed by atoms with Crippen molar-refractivity contribution in [2.24, 2.45) is 0 Å². The molecular formula is C23H31N3O. The molecule has 0 saturated heterocycles. The number of fused-ring (bicyclic) bond motifs is 1. The molecule has 0 bridgehead atoms. The first-order valence-corrected chi connectivity index (χ1v) is 10.7. The third-order valence-electron chi connectivity index (χ3n) is 6.14. The molecule has 0 radical (unpaired) electrons. The second-order valence-electron chi connectivity index (χ2n) is 8.33. The number of amides is 1. The van der Waals surface area contributed by atoms with Crippen LogP contribution >= 0.6 is 0 Å². The van der Waals surface area contributed by atoms with Crippen LogP contribution in [0.2, 0.25) is 0 Å². The molecule has 1 aromatic heterocycles. The van der Waals surface area contributed by atoms with Gasteiger partial charge in [-0.1, -0.05) is 37.5 Å². The minimum absolute atomic E-state index is 0.143. The lowest BCUT2D eigenvalue weighted by Gasteiger charge is -2.32. The standard InChI is InChI=1S/C23H31N3O/c1-17(2)25(18-11-9-10-12-18)23(27)22-20-15-7-4-8-16-21(20)26(24-22)19-13-5-3-6-14-19/h3,5-6,13-14,17-18H,4,7-12,15-16H2,1-2H3. The summed E-state index contributed by atoms with van der Waals surface area (Å²) in [6.45, 7) is 4.28. The van der Waals surface area contributed by atoms with Gasteiger partial charge in [0.1, 0.15) is 0 Å². The van der Waals surface area contributed by atoms with Gasteiger partial charge in [0, 0.05) is 23.3 Å². The molecule has 0 atom stereocenters. The molecule has 0 unspecified atom stereocenters. The Labute approximate surface area is 162 Å². The number of hydrogen-bond acceptors (Lipinski definition) is 2.